The molecule has 0 aliphatic heterocycles. The molecule has 0 saturated heterocycles. The minimum absolute atomic E-state index is 0.229. The number of rotatable bonds is 20. The SMILES string of the molecule is [2H]CCCCCC(=O)[C@@](O)(/C=C/CCCCCCCCCCCCC)[C@@H](N)CO. The number of carbonyl (C=O) groups excluding carboxylic acids is 1. The minimum atomic E-state index is -1.78. The van der Waals surface area contributed by atoms with Crippen molar-refractivity contribution in [3.05, 3.63) is 12.2 Å². The highest BCUT2D eigenvalue weighted by Gasteiger charge is 2.38. The van der Waals surface area contributed by atoms with Gasteiger partial charge in [0.1, 0.15) is 0 Å². The van der Waals surface area contributed by atoms with Crippen LogP contribution in [0.4, 0.5) is 0 Å². The first-order chi connectivity index (χ1) is 14.0. The molecule has 0 fully saturated rings. The van der Waals surface area contributed by atoms with Gasteiger partial charge in [0.05, 0.1) is 12.6 Å². The van der Waals surface area contributed by atoms with Crippen LogP contribution in [-0.4, -0.2) is 34.2 Å². The van der Waals surface area contributed by atoms with Crippen LogP contribution in [-0.2, 0) is 4.79 Å². The van der Waals surface area contributed by atoms with Crippen LogP contribution in [0, 0.1) is 0 Å². The summed E-state index contributed by atoms with van der Waals surface area (Å²) in [5.74, 6) is -0.334. The predicted molar refractivity (Wildman–Crippen MR) is 119 cm³/mol. The fourth-order valence-corrected chi connectivity index (χ4v) is 3.41. The van der Waals surface area contributed by atoms with E-state index in [2.05, 4.69) is 6.92 Å². The lowest BCUT2D eigenvalue weighted by Gasteiger charge is -2.28. The Morgan fingerprint density at radius 3 is 2.04 bits per heavy atom. The van der Waals surface area contributed by atoms with Crippen molar-refractivity contribution < 1.29 is 16.4 Å². The normalized spacial score (nSPS) is 15.5. The first kappa shape index (κ1) is 25.3. The Morgan fingerprint density at radius 2 is 1.50 bits per heavy atom. The van der Waals surface area contributed by atoms with Crippen molar-refractivity contribution in [2.24, 2.45) is 5.73 Å². The number of aliphatic hydroxyl groups excluding tert-OH is 1. The van der Waals surface area contributed by atoms with Gasteiger partial charge in [0, 0.05) is 7.79 Å². The van der Waals surface area contributed by atoms with E-state index in [1.54, 1.807) is 0 Å². The van der Waals surface area contributed by atoms with Crippen LogP contribution in [0.3, 0.4) is 0 Å². The molecule has 4 nitrogen and oxygen atoms in total. The Balaban J connectivity index is 4.02. The van der Waals surface area contributed by atoms with E-state index in [-0.39, 0.29) is 12.2 Å². The smallest absolute Gasteiger partial charge is 0.169 e. The molecule has 166 valence electrons. The van der Waals surface area contributed by atoms with E-state index in [0.717, 1.165) is 32.1 Å². The first-order valence-electron chi connectivity index (χ1n) is 12.3. The Kier molecular flexibility index (Phi) is 16.6. The zero-order valence-corrected chi connectivity index (χ0v) is 18.3. The summed E-state index contributed by atoms with van der Waals surface area (Å²) in [4.78, 5) is 12.4. The number of unbranched alkanes of at least 4 members (excludes halogenated alkanes) is 13. The molecule has 0 rings (SSSR count). The Hall–Kier alpha value is -0.710. The highest BCUT2D eigenvalue weighted by Crippen LogP contribution is 2.19. The fraction of sp³-hybridized carbons (Fsp3) is 0.875. The van der Waals surface area contributed by atoms with Crippen LogP contribution in [0.1, 0.15) is 118 Å². The fourth-order valence-electron chi connectivity index (χ4n) is 3.41. The van der Waals surface area contributed by atoms with Gasteiger partial charge in [-0.05, 0) is 25.3 Å². The maximum Gasteiger partial charge on any atom is 0.169 e. The van der Waals surface area contributed by atoms with E-state index in [1.807, 2.05) is 6.08 Å². The van der Waals surface area contributed by atoms with Gasteiger partial charge in [-0.25, -0.2) is 0 Å². The second kappa shape index (κ2) is 18.3. The van der Waals surface area contributed by atoms with Crippen LogP contribution >= 0.6 is 0 Å². The van der Waals surface area contributed by atoms with Crippen molar-refractivity contribution in [3.63, 3.8) is 0 Å². The van der Waals surface area contributed by atoms with Gasteiger partial charge in [0.2, 0.25) is 0 Å². The molecule has 28 heavy (non-hydrogen) atoms. The van der Waals surface area contributed by atoms with E-state index in [9.17, 15) is 15.0 Å². The molecule has 2 atom stereocenters. The molecule has 0 aromatic heterocycles. The van der Waals surface area contributed by atoms with E-state index in [1.165, 1.54) is 63.9 Å². The van der Waals surface area contributed by atoms with Crippen molar-refractivity contribution in [2.75, 3.05) is 6.61 Å². The molecule has 4 N–H and O–H groups in total. The van der Waals surface area contributed by atoms with E-state index < -0.39 is 18.2 Å². The summed E-state index contributed by atoms with van der Waals surface area (Å²) in [6.07, 6.45) is 20.7. The van der Waals surface area contributed by atoms with Crippen LogP contribution in [0.15, 0.2) is 12.2 Å². The van der Waals surface area contributed by atoms with Gasteiger partial charge in [0.25, 0.3) is 0 Å². The molecular formula is C24H47NO3. The van der Waals surface area contributed by atoms with Gasteiger partial charge in [-0.2, -0.15) is 0 Å². The summed E-state index contributed by atoms with van der Waals surface area (Å²) in [6, 6.07) is -1.00. The lowest BCUT2D eigenvalue weighted by molar-refractivity contribution is -0.135. The number of aliphatic hydroxyl groups is 2. The Bertz CT molecular complexity index is 417. The van der Waals surface area contributed by atoms with Crippen molar-refractivity contribution in [1.82, 2.24) is 0 Å². The van der Waals surface area contributed by atoms with Gasteiger partial charge < -0.3 is 15.9 Å². The lowest BCUT2D eigenvalue weighted by atomic mass is 9.86. The summed E-state index contributed by atoms with van der Waals surface area (Å²) < 4.78 is 7.14. The third-order valence-corrected chi connectivity index (χ3v) is 5.46. The second-order valence-corrected chi connectivity index (χ2v) is 8.07. The number of hydrogen-bond acceptors (Lipinski definition) is 4. The predicted octanol–water partition coefficient (Wildman–Crippen LogP) is 5.44. The van der Waals surface area contributed by atoms with Crippen molar-refractivity contribution >= 4 is 5.78 Å². The summed E-state index contributed by atoms with van der Waals surface area (Å²) >= 11 is 0. The molecule has 0 spiro atoms. The number of hydrogen-bond donors (Lipinski definition) is 3. The summed E-state index contributed by atoms with van der Waals surface area (Å²) in [7, 11) is 0. The molecule has 0 aromatic rings. The molecule has 0 aliphatic carbocycles. The van der Waals surface area contributed by atoms with Gasteiger partial charge in [-0.15, -0.1) is 0 Å². The highest BCUT2D eigenvalue weighted by atomic mass is 16.3. The zero-order chi connectivity index (χ0) is 21.8. The largest absolute Gasteiger partial charge is 0.395 e. The maximum atomic E-state index is 12.4. The third kappa shape index (κ3) is 12.7. The van der Waals surface area contributed by atoms with Crippen LogP contribution < -0.4 is 5.73 Å². The quantitative estimate of drug-likeness (QED) is 0.188. The van der Waals surface area contributed by atoms with Gasteiger partial charge in [-0.1, -0.05) is 96.9 Å². The van der Waals surface area contributed by atoms with Gasteiger partial charge in [0.15, 0.2) is 11.4 Å². The Morgan fingerprint density at radius 1 is 0.964 bits per heavy atom. The average Bonchev–Trinajstić information content (AvgIpc) is 2.73. The molecule has 4 heteroatoms. The van der Waals surface area contributed by atoms with Crippen molar-refractivity contribution in [2.45, 2.75) is 128 Å². The van der Waals surface area contributed by atoms with E-state index in [0.29, 0.717) is 13.3 Å². The molecule has 0 unspecified atom stereocenters. The highest BCUT2D eigenvalue weighted by molar-refractivity contribution is 5.90. The number of nitrogens with two attached hydrogens (primary N) is 1. The zero-order valence-electron chi connectivity index (χ0n) is 19.3. The number of carbonyl (C=O) groups is 1. The topological polar surface area (TPSA) is 83.5 Å². The molecular weight excluding hydrogens is 350 g/mol. The molecule has 0 heterocycles. The second-order valence-electron chi connectivity index (χ2n) is 8.07. The molecule has 0 saturated carbocycles. The van der Waals surface area contributed by atoms with E-state index >= 15 is 0 Å². The maximum absolute atomic E-state index is 12.4. The molecule has 0 aromatic carbocycles. The lowest BCUT2D eigenvalue weighted by Crippen LogP contribution is -2.54. The monoisotopic (exact) mass is 398 g/mol. The minimum Gasteiger partial charge on any atom is -0.395 e. The van der Waals surface area contributed by atoms with Crippen LogP contribution in [0.2, 0.25) is 0 Å². The summed E-state index contributed by atoms with van der Waals surface area (Å²) in [5, 5.41) is 20.1. The standard InChI is InChI=1S/C24H47NO3/c1-3-5-7-8-9-10-11-12-13-14-15-16-18-20-24(28,22(25)21-26)23(27)19-17-6-4-2/h18,20,22,26,28H,3-17,19,21,25H2,1-2H3/b20-18+/t22-,24+/m0/s1/i2D. The van der Waals surface area contributed by atoms with Gasteiger partial charge >= 0.3 is 0 Å². The van der Waals surface area contributed by atoms with Crippen LogP contribution in [0.25, 0.3) is 0 Å². The molecule has 0 amide bonds. The first-order valence-corrected chi connectivity index (χ1v) is 11.6. The molecule has 0 bridgehead atoms. The molecule has 0 aliphatic rings. The van der Waals surface area contributed by atoms with Crippen molar-refractivity contribution in [1.29, 1.82) is 0 Å². The third-order valence-electron chi connectivity index (χ3n) is 5.46. The van der Waals surface area contributed by atoms with Crippen LogP contribution in [0.5, 0.6) is 0 Å². The summed E-state index contributed by atoms with van der Waals surface area (Å²) in [6.45, 7) is 2.17. The average molecular weight is 399 g/mol. The number of allylic oxidation sites excluding steroid dienone is 1. The number of ketones is 1. The summed E-state index contributed by atoms with van der Waals surface area (Å²) in [5.41, 5.74) is 4.04. The molecule has 0 radical (unpaired) electrons. The van der Waals surface area contributed by atoms with Crippen molar-refractivity contribution in [3.8, 4) is 0 Å². The van der Waals surface area contributed by atoms with Gasteiger partial charge in [-0.3, -0.25) is 4.79 Å². The Labute approximate surface area is 175 Å². The van der Waals surface area contributed by atoms with E-state index in [4.69, 9.17) is 7.10 Å². The number of Topliss-reactive ketones (excluding diaryl/α,β-unsaturated/α-hetero) is 1.